The molecule has 1 saturated heterocycles. The third-order valence-electron chi connectivity index (χ3n) is 5.68. The van der Waals surface area contributed by atoms with Gasteiger partial charge in [-0.2, -0.15) is 5.26 Å². The lowest BCUT2D eigenvalue weighted by Gasteiger charge is -2.41. The number of nitrogens with zero attached hydrogens (tertiary/aromatic N) is 2. The van der Waals surface area contributed by atoms with E-state index in [1.54, 1.807) is 12.1 Å². The maximum Gasteiger partial charge on any atom is 0.117 e. The van der Waals surface area contributed by atoms with Crippen LogP contribution in [-0.2, 0) is 16.0 Å². The number of nitriles is 1. The lowest BCUT2D eigenvalue weighted by molar-refractivity contribution is -0.198. The fraction of sp³-hybridized carbons (Fsp3) is 0.417. The normalized spacial score (nSPS) is 20.8. The molecule has 0 aliphatic carbocycles. The molecule has 0 amide bonds. The summed E-state index contributed by atoms with van der Waals surface area (Å²) in [6.07, 6.45) is -0.0817. The molecule has 2 atom stereocenters. The van der Waals surface area contributed by atoms with Gasteiger partial charge in [0.15, 0.2) is 0 Å². The summed E-state index contributed by atoms with van der Waals surface area (Å²) in [7, 11) is 1.51. The number of aliphatic hydroxyl groups excluding tert-OH is 3. The highest BCUT2D eigenvalue weighted by Crippen LogP contribution is 2.38. The number of benzene rings is 2. The fourth-order valence-corrected chi connectivity index (χ4v) is 3.96. The van der Waals surface area contributed by atoms with Crippen LogP contribution in [0, 0.1) is 11.3 Å². The Kier molecular flexibility index (Phi) is 7.42. The van der Waals surface area contributed by atoms with Gasteiger partial charge in [0.05, 0.1) is 42.8 Å². The first-order chi connectivity index (χ1) is 14.9. The Labute approximate surface area is 182 Å². The zero-order chi connectivity index (χ0) is 22.4. The van der Waals surface area contributed by atoms with Crippen molar-refractivity contribution in [1.82, 2.24) is 0 Å². The smallest absolute Gasteiger partial charge is 0.117 e. The highest BCUT2D eigenvalue weighted by Gasteiger charge is 2.41. The van der Waals surface area contributed by atoms with Crippen molar-refractivity contribution in [3.8, 4) is 6.07 Å². The zero-order valence-corrected chi connectivity index (χ0v) is 17.8. The van der Waals surface area contributed by atoms with Crippen molar-refractivity contribution >= 4 is 5.71 Å². The molecule has 31 heavy (non-hydrogen) atoms. The van der Waals surface area contributed by atoms with Crippen LogP contribution in [0.15, 0.2) is 47.6 Å². The van der Waals surface area contributed by atoms with E-state index in [0.717, 1.165) is 28.0 Å². The monoisotopic (exact) mass is 424 g/mol. The summed E-state index contributed by atoms with van der Waals surface area (Å²) in [6.45, 7) is 1.11. The molecule has 1 aliphatic rings. The molecular weight excluding hydrogens is 396 g/mol. The number of rotatable bonds is 7. The Bertz CT molecular complexity index is 961. The van der Waals surface area contributed by atoms with E-state index in [1.165, 1.54) is 7.11 Å². The minimum atomic E-state index is -1.17. The van der Waals surface area contributed by atoms with Crippen LogP contribution in [0.3, 0.4) is 0 Å². The molecule has 0 saturated carbocycles. The molecule has 7 nitrogen and oxygen atoms in total. The van der Waals surface area contributed by atoms with Gasteiger partial charge in [-0.05, 0) is 41.7 Å². The molecular formula is C24H28N2O5. The highest BCUT2D eigenvalue weighted by atomic mass is 16.6. The van der Waals surface area contributed by atoms with Crippen LogP contribution in [0.2, 0.25) is 0 Å². The summed E-state index contributed by atoms with van der Waals surface area (Å²) < 4.78 is 6.00. The van der Waals surface area contributed by atoms with Crippen molar-refractivity contribution in [3.05, 3.63) is 70.3 Å². The summed E-state index contributed by atoms with van der Waals surface area (Å²) in [5.74, 6) is 0. The summed E-state index contributed by atoms with van der Waals surface area (Å²) in [5.41, 5.74) is 3.81. The average Bonchev–Trinajstić information content (AvgIpc) is 2.79. The molecule has 1 fully saturated rings. The lowest BCUT2D eigenvalue weighted by Crippen LogP contribution is -2.48. The van der Waals surface area contributed by atoms with Crippen LogP contribution in [-0.4, -0.2) is 53.1 Å². The molecule has 0 bridgehead atoms. The van der Waals surface area contributed by atoms with Crippen molar-refractivity contribution in [2.24, 2.45) is 5.16 Å². The van der Waals surface area contributed by atoms with E-state index in [1.807, 2.05) is 37.3 Å². The Morgan fingerprint density at radius 3 is 2.55 bits per heavy atom. The lowest BCUT2D eigenvalue weighted by atomic mass is 9.87. The molecule has 0 radical (unpaired) electrons. The molecule has 2 aromatic rings. The maximum atomic E-state index is 10.3. The molecule has 2 unspecified atom stereocenters. The maximum absolute atomic E-state index is 10.3. The largest absolute Gasteiger partial charge is 0.399 e. The molecule has 3 rings (SSSR count). The van der Waals surface area contributed by atoms with Gasteiger partial charge in [-0.3, -0.25) is 0 Å². The second-order valence-electron chi connectivity index (χ2n) is 7.96. The van der Waals surface area contributed by atoms with Crippen molar-refractivity contribution in [1.29, 1.82) is 5.26 Å². The van der Waals surface area contributed by atoms with Crippen molar-refractivity contribution in [2.75, 3.05) is 20.3 Å². The number of aliphatic hydroxyl groups is 3. The van der Waals surface area contributed by atoms with Gasteiger partial charge in [-0.25, -0.2) is 0 Å². The topological polar surface area (TPSA) is 115 Å². The van der Waals surface area contributed by atoms with Crippen LogP contribution in [0.1, 0.15) is 53.7 Å². The Hall–Kier alpha value is -2.76. The van der Waals surface area contributed by atoms with E-state index in [9.17, 15) is 20.6 Å². The summed E-state index contributed by atoms with van der Waals surface area (Å²) in [6, 6.07) is 15.6. The third kappa shape index (κ3) is 5.30. The van der Waals surface area contributed by atoms with E-state index < -0.39 is 17.8 Å². The first-order valence-electron chi connectivity index (χ1n) is 10.2. The second-order valence-corrected chi connectivity index (χ2v) is 7.96. The van der Waals surface area contributed by atoms with Crippen molar-refractivity contribution in [2.45, 2.75) is 44.0 Å². The summed E-state index contributed by atoms with van der Waals surface area (Å²) in [4.78, 5) is 4.81. The SMILES string of the molecule is CO/N=C(\C)c1ccc(Cc2cc(C3CC(O)CC(CO)(CO)O3)ccc2C#N)cc1. The van der Waals surface area contributed by atoms with Gasteiger partial charge in [-0.1, -0.05) is 41.6 Å². The van der Waals surface area contributed by atoms with E-state index in [-0.39, 0.29) is 19.6 Å². The van der Waals surface area contributed by atoms with Crippen LogP contribution < -0.4 is 0 Å². The number of oxime groups is 1. The van der Waals surface area contributed by atoms with Gasteiger partial charge >= 0.3 is 0 Å². The molecule has 3 N–H and O–H groups in total. The standard InChI is InChI=1S/C24H28N2O5/c1-16(26-30-2)18-5-3-17(4-6-18)9-21-10-19(7-8-20(21)13-25)23-11-22(29)12-24(14-27,15-28)31-23/h3-8,10,22-23,27-29H,9,11-12,14-15H2,1-2H3/b26-16+. The van der Waals surface area contributed by atoms with Crippen LogP contribution >= 0.6 is 0 Å². The van der Waals surface area contributed by atoms with Crippen molar-refractivity contribution < 1.29 is 24.9 Å². The molecule has 1 heterocycles. The Morgan fingerprint density at radius 1 is 1.23 bits per heavy atom. The molecule has 0 spiro atoms. The Balaban J connectivity index is 1.86. The molecule has 2 aromatic carbocycles. The van der Waals surface area contributed by atoms with Gasteiger partial charge in [0.25, 0.3) is 0 Å². The minimum absolute atomic E-state index is 0.178. The summed E-state index contributed by atoms with van der Waals surface area (Å²) >= 11 is 0. The quantitative estimate of drug-likeness (QED) is 0.465. The molecule has 7 heteroatoms. The predicted octanol–water partition coefficient (Wildman–Crippen LogP) is 2.46. The summed E-state index contributed by atoms with van der Waals surface area (Å²) in [5, 5.41) is 43.2. The zero-order valence-electron chi connectivity index (χ0n) is 17.8. The van der Waals surface area contributed by atoms with Crippen LogP contribution in [0.5, 0.6) is 0 Å². The van der Waals surface area contributed by atoms with Crippen molar-refractivity contribution in [3.63, 3.8) is 0 Å². The number of hydrogen-bond acceptors (Lipinski definition) is 7. The highest BCUT2D eigenvalue weighted by molar-refractivity contribution is 5.98. The van der Waals surface area contributed by atoms with Gasteiger partial charge < -0.3 is 24.9 Å². The van der Waals surface area contributed by atoms with E-state index >= 15 is 0 Å². The van der Waals surface area contributed by atoms with E-state index in [2.05, 4.69) is 11.2 Å². The Morgan fingerprint density at radius 2 is 1.94 bits per heavy atom. The van der Waals surface area contributed by atoms with Gasteiger partial charge in [0.2, 0.25) is 0 Å². The molecule has 0 aromatic heterocycles. The fourth-order valence-electron chi connectivity index (χ4n) is 3.96. The average molecular weight is 424 g/mol. The number of hydrogen-bond donors (Lipinski definition) is 3. The van der Waals surface area contributed by atoms with Gasteiger partial charge in [-0.15, -0.1) is 0 Å². The van der Waals surface area contributed by atoms with Gasteiger partial charge in [0.1, 0.15) is 12.7 Å². The number of ether oxygens (including phenoxy) is 1. The van der Waals surface area contributed by atoms with E-state index in [4.69, 9.17) is 9.57 Å². The molecule has 1 aliphatic heterocycles. The third-order valence-corrected chi connectivity index (χ3v) is 5.68. The predicted molar refractivity (Wildman–Crippen MR) is 116 cm³/mol. The first-order valence-corrected chi connectivity index (χ1v) is 10.2. The van der Waals surface area contributed by atoms with E-state index in [0.29, 0.717) is 18.4 Å². The first kappa shape index (κ1) is 22.9. The van der Waals surface area contributed by atoms with Crippen LogP contribution in [0.25, 0.3) is 0 Å². The molecule has 164 valence electrons. The second kappa shape index (κ2) is 10.0. The van der Waals surface area contributed by atoms with Gasteiger partial charge in [0, 0.05) is 12.8 Å². The van der Waals surface area contributed by atoms with Crippen LogP contribution in [0.4, 0.5) is 0 Å². The minimum Gasteiger partial charge on any atom is -0.399 e.